The number of hydrogen-bond donors (Lipinski definition) is 0. The van der Waals surface area contributed by atoms with Gasteiger partial charge in [0.25, 0.3) is 0 Å². The number of carbonyl (C=O) groups excluding carboxylic acids is 2. The predicted molar refractivity (Wildman–Crippen MR) is 83.3 cm³/mol. The van der Waals surface area contributed by atoms with Gasteiger partial charge in [0.05, 0.1) is 6.07 Å². The highest BCUT2D eigenvalue weighted by atomic mass is 16.6. The van der Waals surface area contributed by atoms with Crippen LogP contribution in [0.3, 0.4) is 0 Å². The topological polar surface area (TPSA) is 73.6 Å². The molecule has 1 saturated carbocycles. The van der Waals surface area contributed by atoms with Crippen LogP contribution < -0.4 is 0 Å². The molecule has 2 saturated heterocycles. The van der Waals surface area contributed by atoms with Gasteiger partial charge in [-0.25, -0.2) is 4.79 Å². The SMILES string of the molecule is CC(C)(C)OC(=O)N1C(C(=O)N2CCC[C@H]2C#N)[C@@H]2CC[C@H]1C2. The smallest absolute Gasteiger partial charge is 0.411 e. The molecule has 0 spiro atoms. The summed E-state index contributed by atoms with van der Waals surface area (Å²) in [5.74, 6) is 0.145. The second-order valence-electron chi connectivity index (χ2n) is 7.88. The van der Waals surface area contributed by atoms with Crippen molar-refractivity contribution in [3.8, 4) is 6.07 Å². The van der Waals surface area contributed by atoms with Crippen LogP contribution >= 0.6 is 0 Å². The summed E-state index contributed by atoms with van der Waals surface area (Å²) in [5, 5.41) is 9.24. The number of fused-ring (bicyclic) bond motifs is 2. The van der Waals surface area contributed by atoms with E-state index in [4.69, 9.17) is 4.74 Å². The van der Waals surface area contributed by atoms with Gasteiger partial charge in [-0.2, -0.15) is 5.26 Å². The van der Waals surface area contributed by atoms with E-state index < -0.39 is 17.7 Å². The average molecular weight is 319 g/mol. The quantitative estimate of drug-likeness (QED) is 0.743. The molecule has 4 atom stereocenters. The molecular formula is C17H25N3O3. The van der Waals surface area contributed by atoms with E-state index in [1.54, 1.807) is 9.80 Å². The molecule has 0 aromatic rings. The van der Waals surface area contributed by atoms with Crippen molar-refractivity contribution < 1.29 is 14.3 Å². The molecule has 0 N–H and O–H groups in total. The molecule has 2 aliphatic heterocycles. The second kappa shape index (κ2) is 5.70. The van der Waals surface area contributed by atoms with E-state index in [2.05, 4.69) is 6.07 Å². The molecule has 23 heavy (non-hydrogen) atoms. The molecule has 2 heterocycles. The average Bonchev–Trinajstić information content (AvgIpc) is 3.18. The second-order valence-corrected chi connectivity index (χ2v) is 7.88. The van der Waals surface area contributed by atoms with Gasteiger partial charge in [-0.05, 0) is 58.8 Å². The molecule has 1 unspecified atom stereocenters. The van der Waals surface area contributed by atoms with E-state index in [0.717, 1.165) is 32.1 Å². The van der Waals surface area contributed by atoms with Crippen molar-refractivity contribution in [3.05, 3.63) is 0 Å². The largest absolute Gasteiger partial charge is 0.444 e. The molecule has 3 rings (SSSR count). The first kappa shape index (κ1) is 16.1. The minimum Gasteiger partial charge on any atom is -0.444 e. The zero-order valence-electron chi connectivity index (χ0n) is 14.1. The molecule has 3 aliphatic rings. The van der Waals surface area contributed by atoms with Crippen LogP contribution in [0.15, 0.2) is 0 Å². The van der Waals surface area contributed by atoms with E-state index in [1.807, 2.05) is 20.8 Å². The fourth-order valence-corrected chi connectivity index (χ4v) is 4.22. The summed E-state index contributed by atoms with van der Waals surface area (Å²) in [7, 11) is 0. The molecule has 0 aromatic heterocycles. The first-order valence-electron chi connectivity index (χ1n) is 8.53. The number of ether oxygens (including phenoxy) is 1. The van der Waals surface area contributed by atoms with Crippen molar-refractivity contribution in [2.24, 2.45) is 5.92 Å². The maximum absolute atomic E-state index is 13.0. The van der Waals surface area contributed by atoms with Crippen LogP contribution in [0.1, 0.15) is 52.9 Å². The first-order chi connectivity index (χ1) is 10.8. The van der Waals surface area contributed by atoms with Crippen molar-refractivity contribution >= 4 is 12.0 Å². The van der Waals surface area contributed by atoms with E-state index in [1.165, 1.54) is 0 Å². The summed E-state index contributed by atoms with van der Waals surface area (Å²) in [6.45, 7) is 6.12. The van der Waals surface area contributed by atoms with Gasteiger partial charge >= 0.3 is 6.09 Å². The fourth-order valence-electron chi connectivity index (χ4n) is 4.22. The molecule has 2 bridgehead atoms. The number of nitriles is 1. The lowest BCUT2D eigenvalue weighted by atomic mass is 9.97. The summed E-state index contributed by atoms with van der Waals surface area (Å²) >= 11 is 0. The zero-order valence-corrected chi connectivity index (χ0v) is 14.1. The Balaban J connectivity index is 1.80. The van der Waals surface area contributed by atoms with Gasteiger partial charge < -0.3 is 9.64 Å². The van der Waals surface area contributed by atoms with Crippen LogP contribution in [-0.2, 0) is 9.53 Å². The molecule has 6 nitrogen and oxygen atoms in total. The highest BCUT2D eigenvalue weighted by molar-refractivity contribution is 5.88. The van der Waals surface area contributed by atoms with Gasteiger partial charge in [0.1, 0.15) is 17.7 Å². The minimum atomic E-state index is -0.574. The Morgan fingerprint density at radius 2 is 1.96 bits per heavy atom. The highest BCUT2D eigenvalue weighted by Crippen LogP contribution is 2.44. The third kappa shape index (κ3) is 2.89. The third-order valence-corrected chi connectivity index (χ3v) is 5.13. The van der Waals surface area contributed by atoms with Crippen molar-refractivity contribution in [3.63, 3.8) is 0 Å². The van der Waals surface area contributed by atoms with Crippen molar-refractivity contribution in [1.29, 1.82) is 5.26 Å². The standard InChI is InChI=1S/C17H25N3O3/c1-17(2,3)23-16(22)20-12-7-6-11(9-12)14(20)15(21)19-8-4-5-13(19)10-18/h11-14H,4-9H2,1-3H3/t11-,12+,13+,14?/m1/s1. The van der Waals surface area contributed by atoms with Gasteiger partial charge in [0.2, 0.25) is 5.91 Å². The van der Waals surface area contributed by atoms with Crippen molar-refractivity contribution in [2.45, 2.75) is 76.6 Å². The first-order valence-corrected chi connectivity index (χ1v) is 8.53. The number of nitrogens with zero attached hydrogens (tertiary/aromatic N) is 3. The number of likely N-dealkylation sites (tertiary alicyclic amines) is 2. The van der Waals surface area contributed by atoms with Crippen LogP contribution in [0.25, 0.3) is 0 Å². The summed E-state index contributed by atoms with van der Waals surface area (Å²) in [6, 6.07) is 1.53. The maximum Gasteiger partial charge on any atom is 0.411 e. The Morgan fingerprint density at radius 1 is 1.22 bits per heavy atom. The lowest BCUT2D eigenvalue weighted by molar-refractivity contribution is -0.138. The predicted octanol–water partition coefficient (Wildman–Crippen LogP) is 2.29. The zero-order chi connectivity index (χ0) is 16.8. The molecule has 1 aliphatic carbocycles. The van der Waals surface area contributed by atoms with Crippen LogP contribution in [0.2, 0.25) is 0 Å². The molecule has 126 valence electrons. The summed E-state index contributed by atoms with van der Waals surface area (Å²) < 4.78 is 5.52. The molecule has 0 aromatic carbocycles. The van der Waals surface area contributed by atoms with Gasteiger partial charge in [0.15, 0.2) is 0 Å². The molecule has 3 fully saturated rings. The number of hydrogen-bond acceptors (Lipinski definition) is 4. The number of carbonyl (C=O) groups is 2. The van der Waals surface area contributed by atoms with E-state index >= 15 is 0 Å². The van der Waals surface area contributed by atoms with Crippen LogP contribution in [-0.4, -0.2) is 52.1 Å². The van der Waals surface area contributed by atoms with Gasteiger partial charge in [-0.15, -0.1) is 0 Å². The Kier molecular flexibility index (Phi) is 3.99. The summed E-state index contributed by atoms with van der Waals surface area (Å²) in [4.78, 5) is 28.9. The lowest BCUT2D eigenvalue weighted by Gasteiger charge is -2.37. The van der Waals surface area contributed by atoms with E-state index in [0.29, 0.717) is 6.54 Å². The number of amides is 2. The fraction of sp³-hybridized carbons (Fsp3) is 0.824. The van der Waals surface area contributed by atoms with E-state index in [-0.39, 0.29) is 23.9 Å². The molecule has 6 heteroatoms. The van der Waals surface area contributed by atoms with Crippen molar-refractivity contribution in [2.75, 3.05) is 6.54 Å². The Hall–Kier alpha value is -1.77. The summed E-state index contributed by atoms with van der Waals surface area (Å²) in [6.07, 6.45) is 3.99. The Morgan fingerprint density at radius 3 is 2.61 bits per heavy atom. The lowest BCUT2D eigenvalue weighted by Crippen LogP contribution is -2.55. The Labute approximate surface area is 137 Å². The molecule has 2 amide bonds. The third-order valence-electron chi connectivity index (χ3n) is 5.13. The molecular weight excluding hydrogens is 294 g/mol. The van der Waals surface area contributed by atoms with Gasteiger partial charge in [-0.3, -0.25) is 9.69 Å². The van der Waals surface area contributed by atoms with E-state index in [9.17, 15) is 14.9 Å². The number of piperidine rings is 1. The highest BCUT2D eigenvalue weighted by Gasteiger charge is 2.54. The minimum absolute atomic E-state index is 0.0629. The van der Waals surface area contributed by atoms with Crippen LogP contribution in [0.5, 0.6) is 0 Å². The van der Waals surface area contributed by atoms with Gasteiger partial charge in [-0.1, -0.05) is 0 Å². The number of rotatable bonds is 1. The maximum atomic E-state index is 13.0. The van der Waals surface area contributed by atoms with Crippen molar-refractivity contribution in [1.82, 2.24) is 9.80 Å². The van der Waals surface area contributed by atoms with Crippen LogP contribution in [0.4, 0.5) is 4.79 Å². The summed E-state index contributed by atoms with van der Waals surface area (Å²) in [5.41, 5.74) is -0.574. The Bertz CT molecular complexity index is 548. The van der Waals surface area contributed by atoms with Crippen LogP contribution in [0, 0.1) is 17.2 Å². The normalized spacial score (nSPS) is 33.0. The molecule has 0 radical (unpaired) electrons. The van der Waals surface area contributed by atoms with Gasteiger partial charge in [0, 0.05) is 12.6 Å². The monoisotopic (exact) mass is 319 g/mol.